The highest BCUT2D eigenvalue weighted by molar-refractivity contribution is 5.89. The Labute approximate surface area is 164 Å². The molecule has 0 spiro atoms. The third-order valence-electron chi connectivity index (χ3n) is 5.45. The van der Waals surface area contributed by atoms with E-state index in [2.05, 4.69) is 16.4 Å². The molecule has 0 bridgehead atoms. The summed E-state index contributed by atoms with van der Waals surface area (Å²) in [7, 11) is 0. The summed E-state index contributed by atoms with van der Waals surface area (Å²) in [5.41, 5.74) is 4.60. The van der Waals surface area contributed by atoms with Crippen LogP contribution in [0.2, 0.25) is 0 Å². The van der Waals surface area contributed by atoms with Crippen molar-refractivity contribution in [3.63, 3.8) is 0 Å². The third kappa shape index (κ3) is 3.93. The highest BCUT2D eigenvalue weighted by Gasteiger charge is 2.34. The molecule has 1 saturated heterocycles. The van der Waals surface area contributed by atoms with Gasteiger partial charge in [0.25, 0.3) is 0 Å². The van der Waals surface area contributed by atoms with Crippen molar-refractivity contribution in [1.82, 2.24) is 15.2 Å². The molecule has 2 N–H and O–H groups in total. The summed E-state index contributed by atoms with van der Waals surface area (Å²) in [6.45, 7) is 3.68. The van der Waals surface area contributed by atoms with Gasteiger partial charge >= 0.3 is 0 Å². The van der Waals surface area contributed by atoms with Crippen LogP contribution in [0.3, 0.4) is 0 Å². The lowest BCUT2D eigenvalue weighted by atomic mass is 10.1. The quantitative estimate of drug-likeness (QED) is 0.695. The first kappa shape index (κ1) is 18.3. The van der Waals surface area contributed by atoms with Gasteiger partial charge in [-0.25, -0.2) is 0 Å². The Bertz CT molecular complexity index is 991. The van der Waals surface area contributed by atoms with Crippen LogP contribution in [0.15, 0.2) is 54.7 Å². The topological polar surface area (TPSA) is 65.2 Å². The molecule has 1 fully saturated rings. The summed E-state index contributed by atoms with van der Waals surface area (Å²) in [5.74, 6) is -0.238. The van der Waals surface area contributed by atoms with Crippen LogP contribution in [0.25, 0.3) is 10.9 Å². The summed E-state index contributed by atoms with van der Waals surface area (Å²) >= 11 is 0. The van der Waals surface area contributed by atoms with Gasteiger partial charge in [-0.05, 0) is 30.5 Å². The number of carbonyl (C=O) groups excluding carboxylic acids is 2. The molecule has 5 nitrogen and oxygen atoms in total. The number of hydrogen-bond donors (Lipinski definition) is 2. The van der Waals surface area contributed by atoms with Crippen LogP contribution < -0.4 is 5.32 Å². The van der Waals surface area contributed by atoms with Crippen LogP contribution in [0.1, 0.15) is 23.1 Å². The Kier molecular flexibility index (Phi) is 5.15. The van der Waals surface area contributed by atoms with Crippen molar-refractivity contribution in [1.29, 1.82) is 0 Å². The predicted molar refractivity (Wildman–Crippen MR) is 110 cm³/mol. The van der Waals surface area contributed by atoms with E-state index in [-0.39, 0.29) is 17.7 Å². The van der Waals surface area contributed by atoms with Crippen molar-refractivity contribution in [3.8, 4) is 0 Å². The number of nitrogens with one attached hydrogen (secondary N) is 2. The van der Waals surface area contributed by atoms with E-state index in [4.69, 9.17) is 0 Å². The Morgan fingerprint density at radius 1 is 1.18 bits per heavy atom. The maximum absolute atomic E-state index is 12.5. The first-order valence-corrected chi connectivity index (χ1v) is 9.76. The molecule has 1 aliphatic rings. The van der Waals surface area contributed by atoms with Crippen molar-refractivity contribution in [2.45, 2.75) is 26.3 Å². The molecule has 28 heavy (non-hydrogen) atoms. The third-order valence-corrected chi connectivity index (χ3v) is 5.45. The van der Waals surface area contributed by atoms with Gasteiger partial charge in [-0.2, -0.15) is 0 Å². The predicted octanol–water partition coefficient (Wildman–Crippen LogP) is 3.18. The first-order chi connectivity index (χ1) is 13.6. The van der Waals surface area contributed by atoms with Crippen LogP contribution in [0.4, 0.5) is 0 Å². The summed E-state index contributed by atoms with van der Waals surface area (Å²) < 4.78 is 0. The number of benzene rings is 2. The van der Waals surface area contributed by atoms with Gasteiger partial charge in [-0.15, -0.1) is 0 Å². The zero-order valence-electron chi connectivity index (χ0n) is 16.1. The fourth-order valence-corrected chi connectivity index (χ4v) is 3.82. The van der Waals surface area contributed by atoms with E-state index in [1.54, 1.807) is 4.90 Å². The number of aryl methyl sites for hydroxylation is 1. The molecule has 2 amide bonds. The summed E-state index contributed by atoms with van der Waals surface area (Å²) in [4.78, 5) is 29.9. The van der Waals surface area contributed by atoms with Crippen LogP contribution in [-0.4, -0.2) is 34.8 Å². The number of hydrogen-bond acceptors (Lipinski definition) is 2. The lowest BCUT2D eigenvalue weighted by Crippen LogP contribution is -2.34. The van der Waals surface area contributed by atoms with E-state index in [9.17, 15) is 9.59 Å². The van der Waals surface area contributed by atoms with E-state index < -0.39 is 0 Å². The number of H-pyrrole nitrogens is 1. The lowest BCUT2D eigenvalue weighted by Gasteiger charge is -2.17. The smallest absolute Gasteiger partial charge is 0.225 e. The normalized spacial score (nSPS) is 16.7. The van der Waals surface area contributed by atoms with Crippen molar-refractivity contribution in [2.75, 3.05) is 13.1 Å². The second-order valence-electron chi connectivity index (χ2n) is 7.56. The molecule has 2 aromatic carbocycles. The zero-order valence-corrected chi connectivity index (χ0v) is 16.1. The fourth-order valence-electron chi connectivity index (χ4n) is 3.82. The molecule has 2 heterocycles. The van der Waals surface area contributed by atoms with Crippen LogP contribution in [-0.2, 0) is 22.6 Å². The summed E-state index contributed by atoms with van der Waals surface area (Å²) in [6, 6.07) is 16.3. The molecular weight excluding hydrogens is 350 g/mol. The van der Waals surface area contributed by atoms with Crippen LogP contribution in [0, 0.1) is 12.8 Å². The van der Waals surface area contributed by atoms with E-state index in [0.717, 1.165) is 17.5 Å². The van der Waals surface area contributed by atoms with E-state index >= 15 is 0 Å². The molecule has 0 aliphatic carbocycles. The Balaban J connectivity index is 1.29. The Morgan fingerprint density at radius 3 is 2.79 bits per heavy atom. The molecule has 1 aliphatic heterocycles. The molecule has 0 saturated carbocycles. The number of likely N-dealkylation sites (tertiary alicyclic amines) is 1. The Morgan fingerprint density at radius 2 is 1.96 bits per heavy atom. The van der Waals surface area contributed by atoms with E-state index in [1.807, 2.05) is 55.6 Å². The number of fused-ring (bicyclic) bond motifs is 1. The maximum Gasteiger partial charge on any atom is 0.225 e. The molecule has 1 unspecified atom stereocenters. The van der Waals surface area contributed by atoms with Gasteiger partial charge in [0.15, 0.2) is 0 Å². The SMILES string of the molecule is Cc1ccc(CN2CC(C(=O)NCCc3c[nH]c4ccccc34)CC2=O)cc1. The molecule has 0 radical (unpaired) electrons. The second kappa shape index (κ2) is 7.89. The fraction of sp³-hybridized carbons (Fsp3) is 0.304. The molecule has 144 valence electrons. The van der Waals surface area contributed by atoms with Gasteiger partial charge in [0.2, 0.25) is 11.8 Å². The number of carbonyl (C=O) groups is 2. The average Bonchev–Trinajstić information content (AvgIpc) is 3.28. The Hall–Kier alpha value is -3.08. The highest BCUT2D eigenvalue weighted by Crippen LogP contribution is 2.21. The molecule has 1 atom stereocenters. The highest BCUT2D eigenvalue weighted by atomic mass is 16.2. The molecule has 1 aromatic heterocycles. The van der Waals surface area contributed by atoms with Crippen LogP contribution in [0.5, 0.6) is 0 Å². The van der Waals surface area contributed by atoms with Gasteiger partial charge < -0.3 is 15.2 Å². The van der Waals surface area contributed by atoms with Crippen LogP contribution >= 0.6 is 0 Å². The number of para-hydroxylation sites is 1. The minimum Gasteiger partial charge on any atom is -0.361 e. The van der Waals surface area contributed by atoms with Crippen molar-refractivity contribution < 1.29 is 9.59 Å². The van der Waals surface area contributed by atoms with Crippen molar-refractivity contribution in [3.05, 3.63) is 71.4 Å². The summed E-state index contributed by atoms with van der Waals surface area (Å²) in [5, 5.41) is 4.20. The number of rotatable bonds is 6. The van der Waals surface area contributed by atoms with Gasteiger partial charge in [-0.1, -0.05) is 48.0 Å². The van der Waals surface area contributed by atoms with E-state index in [0.29, 0.717) is 26.1 Å². The van der Waals surface area contributed by atoms with Crippen molar-refractivity contribution in [2.24, 2.45) is 5.92 Å². The number of aromatic nitrogens is 1. The standard InChI is InChI=1S/C23H25N3O2/c1-16-6-8-17(9-7-16)14-26-15-19(12-22(26)27)23(28)24-11-10-18-13-25-21-5-3-2-4-20(18)21/h2-9,13,19,25H,10-12,14-15H2,1H3,(H,24,28). The maximum atomic E-state index is 12.5. The van der Waals surface area contributed by atoms with Gasteiger partial charge in [0.1, 0.15) is 0 Å². The summed E-state index contributed by atoms with van der Waals surface area (Å²) in [6.07, 6.45) is 3.06. The molecular formula is C23H25N3O2. The largest absolute Gasteiger partial charge is 0.361 e. The van der Waals surface area contributed by atoms with Gasteiger partial charge in [0.05, 0.1) is 5.92 Å². The first-order valence-electron chi connectivity index (χ1n) is 9.76. The molecule has 4 rings (SSSR count). The minimum atomic E-state index is -0.263. The number of amides is 2. The number of aromatic amines is 1. The number of nitrogens with zero attached hydrogens (tertiary/aromatic N) is 1. The second-order valence-corrected chi connectivity index (χ2v) is 7.56. The lowest BCUT2D eigenvalue weighted by molar-refractivity contribution is -0.129. The molecule has 3 aromatic rings. The molecule has 5 heteroatoms. The monoisotopic (exact) mass is 375 g/mol. The zero-order chi connectivity index (χ0) is 19.5. The minimum absolute atomic E-state index is 0.0282. The van der Waals surface area contributed by atoms with Gasteiger partial charge in [-0.3, -0.25) is 9.59 Å². The van der Waals surface area contributed by atoms with Crippen molar-refractivity contribution >= 4 is 22.7 Å². The van der Waals surface area contributed by atoms with E-state index in [1.165, 1.54) is 16.5 Å². The van der Waals surface area contributed by atoms with Gasteiger partial charge in [0, 0.05) is 43.2 Å². The average molecular weight is 375 g/mol.